The Bertz CT molecular complexity index is 1240. The Morgan fingerprint density at radius 3 is 2.41 bits per heavy atom. The molecule has 3 aromatic rings. The summed E-state index contributed by atoms with van der Waals surface area (Å²) in [5.74, 6) is -1.59. The predicted molar refractivity (Wildman–Crippen MR) is 136 cm³/mol. The van der Waals surface area contributed by atoms with E-state index in [1.165, 1.54) is 16.4 Å². The lowest BCUT2D eigenvalue weighted by atomic mass is 9.87. The van der Waals surface area contributed by atoms with E-state index < -0.39 is 27.2 Å². The molecule has 0 aromatic heterocycles. The van der Waals surface area contributed by atoms with Gasteiger partial charge in [-0.2, -0.15) is 4.31 Å². The van der Waals surface area contributed by atoms with Crippen molar-refractivity contribution in [1.82, 2.24) is 4.31 Å². The summed E-state index contributed by atoms with van der Waals surface area (Å²) in [6, 6.07) is 19.7. The van der Waals surface area contributed by atoms with Gasteiger partial charge in [-0.15, -0.1) is 0 Å². The van der Waals surface area contributed by atoms with Crippen LogP contribution in [0.5, 0.6) is 0 Å². The lowest BCUT2D eigenvalue weighted by molar-refractivity contribution is 0.0900. The molecule has 4 nitrogen and oxygen atoms in total. The normalized spacial score (nSPS) is 21.1. The number of nitrogens with zero attached hydrogens (tertiary/aromatic N) is 1. The number of alkyl halides is 1. The highest BCUT2D eigenvalue weighted by Crippen LogP contribution is 2.47. The summed E-state index contributed by atoms with van der Waals surface area (Å²) in [5, 5.41) is 0. The molecule has 1 fully saturated rings. The van der Waals surface area contributed by atoms with Crippen molar-refractivity contribution in [2.45, 2.75) is 30.4 Å². The van der Waals surface area contributed by atoms with Crippen molar-refractivity contribution in [3.05, 3.63) is 101 Å². The maximum Gasteiger partial charge on any atom is 0.243 e. The lowest BCUT2D eigenvalue weighted by Crippen LogP contribution is -2.46. The molecule has 0 bridgehead atoms. The average Bonchev–Trinajstić information content (AvgIpc) is 3.20. The van der Waals surface area contributed by atoms with Crippen LogP contribution in [0.25, 0.3) is 0 Å². The Morgan fingerprint density at radius 1 is 1.06 bits per heavy atom. The number of hydrogen-bond donors (Lipinski definition) is 0. The molecule has 2 atom stereocenters. The predicted octanol–water partition coefficient (Wildman–Crippen LogP) is 5.83. The Hall–Kier alpha value is -1.88. The van der Waals surface area contributed by atoms with Crippen LogP contribution in [0.2, 0.25) is 0 Å². The number of hydrogen-bond acceptors (Lipinski definition) is 3. The number of benzene rings is 3. The summed E-state index contributed by atoms with van der Waals surface area (Å²) in [4.78, 5) is 0.153. The maximum absolute atomic E-state index is 15.1. The zero-order valence-corrected chi connectivity index (χ0v) is 21.7. The second-order valence-electron chi connectivity index (χ2n) is 8.71. The minimum Gasteiger partial charge on any atom is -0.376 e. The highest BCUT2D eigenvalue weighted by molar-refractivity contribution is 14.1. The minimum absolute atomic E-state index is 0.150. The van der Waals surface area contributed by atoms with Gasteiger partial charge in [-0.05, 0) is 43.0 Å². The smallest absolute Gasteiger partial charge is 0.243 e. The Labute approximate surface area is 213 Å². The van der Waals surface area contributed by atoms with Crippen LogP contribution in [-0.2, 0) is 26.9 Å². The standard InChI is InChI=1S/C26H26F2INO3S/c1-19-7-10-23(11-8-19)34(31,32)30-15-21(17-33-16-20-5-3-2-4-6-20)14-26(30,18-29)24-12-9-22(27)13-25(24)28/h2-13,21H,14-18H2,1H3/t21-,26-/m0/s1. The van der Waals surface area contributed by atoms with Crippen molar-refractivity contribution in [2.75, 3.05) is 17.6 Å². The van der Waals surface area contributed by atoms with Crippen molar-refractivity contribution < 1.29 is 21.9 Å². The van der Waals surface area contributed by atoms with Crippen LogP contribution in [0.4, 0.5) is 8.78 Å². The molecule has 1 saturated heterocycles. The number of aryl methyl sites for hydroxylation is 1. The van der Waals surface area contributed by atoms with E-state index in [-0.39, 0.29) is 22.9 Å². The van der Waals surface area contributed by atoms with E-state index in [2.05, 4.69) is 22.6 Å². The molecule has 0 amide bonds. The topological polar surface area (TPSA) is 46.6 Å². The number of rotatable bonds is 8. The second kappa shape index (κ2) is 10.4. The van der Waals surface area contributed by atoms with Crippen LogP contribution in [0.15, 0.2) is 77.7 Å². The molecule has 0 saturated carbocycles. The van der Waals surface area contributed by atoms with E-state index in [4.69, 9.17) is 4.74 Å². The average molecular weight is 597 g/mol. The van der Waals surface area contributed by atoms with Gasteiger partial charge in [-0.1, -0.05) is 76.7 Å². The van der Waals surface area contributed by atoms with Gasteiger partial charge in [0.15, 0.2) is 0 Å². The van der Waals surface area contributed by atoms with Crippen LogP contribution in [0.1, 0.15) is 23.1 Å². The molecular formula is C26H26F2INO3S. The Morgan fingerprint density at radius 2 is 1.76 bits per heavy atom. The molecule has 0 N–H and O–H groups in total. The number of sulfonamides is 1. The van der Waals surface area contributed by atoms with E-state index in [0.717, 1.165) is 17.2 Å². The highest BCUT2D eigenvalue weighted by Gasteiger charge is 2.53. The van der Waals surface area contributed by atoms with Crippen molar-refractivity contribution in [1.29, 1.82) is 0 Å². The first-order chi connectivity index (χ1) is 16.3. The van der Waals surface area contributed by atoms with Gasteiger partial charge in [0.2, 0.25) is 10.0 Å². The van der Waals surface area contributed by atoms with E-state index in [1.54, 1.807) is 24.3 Å². The van der Waals surface area contributed by atoms with Gasteiger partial charge in [-0.25, -0.2) is 17.2 Å². The van der Waals surface area contributed by atoms with Gasteiger partial charge in [0.1, 0.15) is 11.6 Å². The molecule has 0 spiro atoms. The SMILES string of the molecule is Cc1ccc(S(=O)(=O)N2C[C@@H](COCc3ccccc3)C[C@]2(CI)c2ccc(F)cc2F)cc1. The molecule has 1 aliphatic rings. The molecule has 3 aromatic carbocycles. The summed E-state index contributed by atoms with van der Waals surface area (Å²) in [6.45, 7) is 2.81. The largest absolute Gasteiger partial charge is 0.376 e. The van der Waals surface area contributed by atoms with Crippen LogP contribution in [0.3, 0.4) is 0 Å². The first kappa shape index (κ1) is 25.2. The van der Waals surface area contributed by atoms with Crippen molar-refractivity contribution >= 4 is 32.6 Å². The summed E-state index contributed by atoms with van der Waals surface area (Å²) < 4.78 is 64.0. The molecule has 0 unspecified atom stereocenters. The summed E-state index contributed by atoms with van der Waals surface area (Å²) in [6.07, 6.45) is 0.373. The Kier molecular flexibility index (Phi) is 7.71. The van der Waals surface area contributed by atoms with Gasteiger partial charge in [0.05, 0.1) is 23.6 Å². The van der Waals surface area contributed by atoms with E-state index in [9.17, 15) is 12.8 Å². The molecule has 180 valence electrons. The van der Waals surface area contributed by atoms with Crippen molar-refractivity contribution in [3.63, 3.8) is 0 Å². The highest BCUT2D eigenvalue weighted by atomic mass is 127. The first-order valence-electron chi connectivity index (χ1n) is 11.0. The fourth-order valence-corrected chi connectivity index (χ4v) is 7.76. The molecule has 0 aliphatic carbocycles. The van der Waals surface area contributed by atoms with Crippen molar-refractivity contribution in [3.8, 4) is 0 Å². The third-order valence-corrected chi connectivity index (χ3v) is 9.46. The molecule has 0 radical (unpaired) electrons. The molecule has 34 heavy (non-hydrogen) atoms. The molecule has 1 aliphatic heterocycles. The third-order valence-electron chi connectivity index (χ3n) is 6.26. The first-order valence-corrected chi connectivity index (χ1v) is 14.0. The fourth-order valence-electron chi connectivity index (χ4n) is 4.55. The second-order valence-corrected chi connectivity index (χ2v) is 11.3. The fraction of sp³-hybridized carbons (Fsp3) is 0.308. The van der Waals surface area contributed by atoms with Crippen molar-refractivity contribution in [2.24, 2.45) is 5.92 Å². The molecule has 8 heteroatoms. The van der Waals surface area contributed by atoms with Gasteiger partial charge < -0.3 is 4.74 Å². The van der Waals surface area contributed by atoms with Crippen LogP contribution < -0.4 is 0 Å². The van der Waals surface area contributed by atoms with Crippen LogP contribution in [-0.4, -0.2) is 30.3 Å². The Balaban J connectivity index is 1.68. The van der Waals surface area contributed by atoms with Crippen LogP contribution >= 0.6 is 22.6 Å². The summed E-state index contributed by atoms with van der Waals surface area (Å²) in [7, 11) is -3.95. The summed E-state index contributed by atoms with van der Waals surface area (Å²) >= 11 is 2.10. The zero-order valence-electron chi connectivity index (χ0n) is 18.8. The van der Waals surface area contributed by atoms with Gasteiger partial charge >= 0.3 is 0 Å². The monoisotopic (exact) mass is 597 g/mol. The van der Waals surface area contributed by atoms with Gasteiger partial charge in [-0.3, -0.25) is 0 Å². The lowest BCUT2D eigenvalue weighted by Gasteiger charge is -2.37. The zero-order chi connectivity index (χ0) is 24.3. The van der Waals surface area contributed by atoms with E-state index >= 15 is 4.39 Å². The van der Waals surface area contributed by atoms with E-state index in [1.807, 2.05) is 37.3 Å². The summed E-state index contributed by atoms with van der Waals surface area (Å²) in [5.41, 5.74) is 0.999. The molecule has 1 heterocycles. The third kappa shape index (κ3) is 5.05. The van der Waals surface area contributed by atoms with Gasteiger partial charge in [0.25, 0.3) is 0 Å². The molecular weight excluding hydrogens is 571 g/mol. The van der Waals surface area contributed by atoms with Gasteiger partial charge in [0, 0.05) is 22.6 Å². The van der Waals surface area contributed by atoms with Crippen LogP contribution in [0, 0.1) is 24.5 Å². The maximum atomic E-state index is 15.1. The quantitative estimate of drug-likeness (QED) is 0.243. The molecule has 4 rings (SSSR count). The number of halogens is 3. The van der Waals surface area contributed by atoms with E-state index in [0.29, 0.717) is 24.1 Å². The number of ether oxygens (including phenoxy) is 1. The minimum atomic E-state index is -3.95.